The van der Waals surface area contributed by atoms with E-state index < -0.39 is 57.9 Å². The molecule has 13 rings (SSSR count). The lowest BCUT2D eigenvalue weighted by molar-refractivity contribution is -0.173. The first-order chi connectivity index (χ1) is 41.4. The summed E-state index contributed by atoms with van der Waals surface area (Å²) in [6.45, 7) is 10.4. The number of halogens is 6. The van der Waals surface area contributed by atoms with Crippen molar-refractivity contribution in [1.82, 2.24) is 4.90 Å². The summed E-state index contributed by atoms with van der Waals surface area (Å²) in [4.78, 5) is 60.4. The van der Waals surface area contributed by atoms with Crippen LogP contribution in [0.25, 0.3) is 0 Å². The van der Waals surface area contributed by atoms with E-state index in [1.165, 1.54) is 119 Å². The molecular formula is C73H58F6N4O4. The van der Waals surface area contributed by atoms with Crippen molar-refractivity contribution in [3.05, 3.63) is 300 Å². The Morgan fingerprint density at radius 2 is 0.782 bits per heavy atom. The third-order valence-electron chi connectivity index (χ3n) is 18.7. The van der Waals surface area contributed by atoms with Crippen LogP contribution in [0, 0.1) is 6.92 Å². The number of rotatable bonds is 12. The van der Waals surface area contributed by atoms with Crippen molar-refractivity contribution in [1.29, 1.82) is 0 Å². The molecule has 0 radical (unpaired) electrons. The largest absolute Gasteiger partial charge is 0.406 e. The van der Waals surface area contributed by atoms with Crippen LogP contribution in [0.4, 0.5) is 43.4 Å². The fourth-order valence-electron chi connectivity index (χ4n) is 13.3. The second-order valence-corrected chi connectivity index (χ2v) is 24.1. The van der Waals surface area contributed by atoms with Crippen LogP contribution < -0.4 is 14.7 Å². The highest BCUT2D eigenvalue weighted by Crippen LogP contribution is 2.53. The Morgan fingerprint density at radius 1 is 0.379 bits per heavy atom. The molecule has 4 amide bonds. The van der Waals surface area contributed by atoms with Crippen LogP contribution in [0.2, 0.25) is 0 Å². The number of carbonyl (C=O) groups is 4. The van der Waals surface area contributed by atoms with E-state index in [4.69, 9.17) is 0 Å². The molecule has 0 bridgehead atoms. The summed E-state index contributed by atoms with van der Waals surface area (Å²) >= 11 is 0. The molecule has 436 valence electrons. The summed E-state index contributed by atoms with van der Waals surface area (Å²) in [5.74, 6) is -3.32. The van der Waals surface area contributed by atoms with Crippen LogP contribution in [-0.2, 0) is 48.8 Å². The second-order valence-electron chi connectivity index (χ2n) is 24.1. The fraction of sp³-hybridized carbons (Fsp3) is 0.205. The molecule has 0 aromatic heterocycles. The maximum absolute atomic E-state index is 16.2. The number of nitrogens with zero attached hydrogens (tertiary/aromatic N) is 4. The van der Waals surface area contributed by atoms with Gasteiger partial charge in [0.1, 0.15) is 10.8 Å². The molecule has 87 heavy (non-hydrogen) atoms. The number of alkyl halides is 6. The maximum Gasteiger partial charge on any atom is 0.406 e. The molecule has 8 nitrogen and oxygen atoms in total. The second kappa shape index (κ2) is 20.6. The molecule has 0 saturated carbocycles. The average Bonchev–Trinajstić information content (AvgIpc) is 1.71. The van der Waals surface area contributed by atoms with Crippen molar-refractivity contribution in [3.63, 3.8) is 0 Å². The Hall–Kier alpha value is -9.56. The zero-order valence-electron chi connectivity index (χ0n) is 48.3. The molecule has 2 atom stereocenters. The molecule has 0 N–H and O–H groups in total. The third-order valence-corrected chi connectivity index (χ3v) is 18.7. The number of amides is 4. The quantitative estimate of drug-likeness (QED) is 0.0689. The average molecular weight is 1170 g/mol. The number of fused-ring (bicyclic) bond motifs is 4. The summed E-state index contributed by atoms with van der Waals surface area (Å²) in [5, 5.41) is 0. The van der Waals surface area contributed by atoms with Gasteiger partial charge in [-0.3, -0.25) is 24.1 Å². The Morgan fingerprint density at radius 3 is 1.28 bits per heavy atom. The molecule has 0 aliphatic carbocycles. The molecule has 0 fully saturated rings. The van der Waals surface area contributed by atoms with Crippen LogP contribution >= 0.6 is 0 Å². The van der Waals surface area contributed by atoms with Gasteiger partial charge in [0, 0.05) is 50.0 Å². The number of imide groups is 2. The smallest absolute Gasteiger partial charge is 0.363 e. The lowest BCUT2D eigenvalue weighted by Crippen LogP contribution is -2.44. The lowest BCUT2D eigenvalue weighted by atomic mass is 9.68. The van der Waals surface area contributed by atoms with Crippen molar-refractivity contribution in [3.8, 4) is 0 Å². The van der Waals surface area contributed by atoms with Crippen LogP contribution in [0.15, 0.2) is 200 Å². The Kier molecular flexibility index (Phi) is 13.4. The highest BCUT2D eigenvalue weighted by Gasteiger charge is 2.60. The van der Waals surface area contributed by atoms with E-state index in [-0.39, 0.29) is 50.0 Å². The van der Waals surface area contributed by atoms with Gasteiger partial charge in [0.05, 0.1) is 27.9 Å². The van der Waals surface area contributed by atoms with Crippen LogP contribution in [0.3, 0.4) is 0 Å². The van der Waals surface area contributed by atoms with Crippen molar-refractivity contribution >= 4 is 40.7 Å². The molecule has 4 heterocycles. The van der Waals surface area contributed by atoms with Crippen molar-refractivity contribution in [2.45, 2.75) is 88.9 Å². The van der Waals surface area contributed by atoms with Gasteiger partial charge in [0.2, 0.25) is 0 Å². The predicted molar refractivity (Wildman–Crippen MR) is 323 cm³/mol. The molecule has 4 aliphatic rings. The number of aryl methyl sites for hydroxylation is 1. The van der Waals surface area contributed by atoms with E-state index in [0.29, 0.717) is 13.1 Å². The van der Waals surface area contributed by atoms with E-state index in [9.17, 15) is 19.2 Å². The topological polar surface area (TPSA) is 81.2 Å². The van der Waals surface area contributed by atoms with Gasteiger partial charge in [-0.05, 0) is 153 Å². The highest BCUT2D eigenvalue weighted by atomic mass is 19.4. The minimum atomic E-state index is -5.13. The van der Waals surface area contributed by atoms with E-state index in [1.54, 1.807) is 12.1 Å². The van der Waals surface area contributed by atoms with E-state index in [1.807, 2.05) is 0 Å². The monoisotopic (exact) mass is 1170 g/mol. The minimum absolute atomic E-state index is 0.0392. The first-order valence-corrected chi connectivity index (χ1v) is 28.7. The Bertz CT molecular complexity index is 4280. The molecule has 9 aromatic rings. The van der Waals surface area contributed by atoms with Crippen molar-refractivity contribution in [2.75, 3.05) is 21.7 Å². The zero-order valence-corrected chi connectivity index (χ0v) is 48.3. The van der Waals surface area contributed by atoms with Gasteiger partial charge >= 0.3 is 12.4 Å². The number of benzene rings is 9. The first-order valence-electron chi connectivity index (χ1n) is 28.7. The Balaban J connectivity index is 0.711. The van der Waals surface area contributed by atoms with Crippen molar-refractivity contribution in [2.24, 2.45) is 0 Å². The minimum Gasteiger partial charge on any atom is -0.363 e. The molecule has 0 spiro atoms. The summed E-state index contributed by atoms with van der Waals surface area (Å²) in [6, 6.07) is 55.6. The van der Waals surface area contributed by atoms with Gasteiger partial charge in [0.25, 0.3) is 23.6 Å². The number of carbonyl (C=O) groups excluding carboxylic acids is 4. The normalized spacial score (nSPS) is 16.3. The SMILES string of the molecule is Cc1ccc(Cc2ccc(N3Cc4ccc(C(C)(C)c5ccc6c(c5)CN(c5ccc(C(C)(c7ccc(N8C(=O)c9ccc(C(c%10ccccc%10)(c%10ccc%11c(c%10)C(=O)N(C)C%11=O)C(F)(F)F)cc9C8=O)cc7)C(F)(F)F)cc5)C6)cc4C3)cc2)cc1. The standard InChI is InChI=1S/C73H58F6N4O4/c1-44-11-13-45(14-12-44)35-46-15-27-58(28-16-46)81-40-47-17-19-54(36-49(47)42-81)69(2,3)55-20-18-48-41-82(43-50(48)37-55)59-29-21-51(22-30-59)70(4,72(74,75)76)52-23-31-60(32-24-52)83-67(86)62-34-26-57(39-64(62)68(83)87)71(73(77,78)79,53-9-7-6-8-10-53)56-25-33-61-63(38-56)66(85)80(5)65(61)84/h6-34,36-39H,35,40-43H2,1-5H3. The fourth-order valence-corrected chi connectivity index (χ4v) is 13.3. The molecule has 9 aromatic carbocycles. The first kappa shape index (κ1) is 56.6. The molecule has 14 heteroatoms. The van der Waals surface area contributed by atoms with Gasteiger partial charge < -0.3 is 9.80 Å². The summed E-state index contributed by atoms with van der Waals surface area (Å²) < 4.78 is 95.3. The lowest BCUT2D eigenvalue weighted by Gasteiger charge is -2.38. The summed E-state index contributed by atoms with van der Waals surface area (Å²) in [7, 11) is 1.23. The third kappa shape index (κ3) is 9.21. The van der Waals surface area contributed by atoms with Crippen LogP contribution in [0.1, 0.15) is 140 Å². The van der Waals surface area contributed by atoms with E-state index in [2.05, 4.69) is 116 Å². The van der Waals surface area contributed by atoms with Gasteiger partial charge in [-0.1, -0.05) is 159 Å². The van der Waals surface area contributed by atoms with Gasteiger partial charge in [0.15, 0.2) is 0 Å². The van der Waals surface area contributed by atoms with Gasteiger partial charge in [-0.15, -0.1) is 0 Å². The zero-order chi connectivity index (χ0) is 61.1. The van der Waals surface area contributed by atoms with E-state index >= 15 is 26.3 Å². The van der Waals surface area contributed by atoms with E-state index in [0.717, 1.165) is 88.9 Å². The van der Waals surface area contributed by atoms with Crippen LogP contribution in [-0.4, -0.2) is 47.9 Å². The van der Waals surface area contributed by atoms with Crippen LogP contribution in [0.5, 0.6) is 0 Å². The molecule has 2 unspecified atom stereocenters. The molecular weight excluding hydrogens is 1110 g/mol. The Labute approximate surface area is 499 Å². The maximum atomic E-state index is 16.2. The number of anilines is 3. The number of hydrogen-bond donors (Lipinski definition) is 0. The molecule has 4 aliphatic heterocycles. The summed E-state index contributed by atoms with van der Waals surface area (Å²) in [6.07, 6.45) is -9.05. The summed E-state index contributed by atoms with van der Waals surface area (Å²) in [5.41, 5.74) is 4.83. The number of hydrogen-bond acceptors (Lipinski definition) is 6. The van der Waals surface area contributed by atoms with Gasteiger partial charge in [-0.2, -0.15) is 26.3 Å². The van der Waals surface area contributed by atoms with Crippen molar-refractivity contribution < 1.29 is 45.5 Å². The predicted octanol–water partition coefficient (Wildman–Crippen LogP) is 15.7. The van der Waals surface area contributed by atoms with Gasteiger partial charge in [-0.25, -0.2) is 4.90 Å². The highest BCUT2D eigenvalue weighted by molar-refractivity contribution is 6.34. The molecule has 0 saturated heterocycles.